The smallest absolute Gasteiger partial charge is 0.214 e. The summed E-state index contributed by atoms with van der Waals surface area (Å²) in [5.41, 5.74) is 7.12. The molecule has 0 amide bonds. The second-order valence-electron chi connectivity index (χ2n) is 6.80. The Balaban J connectivity index is 1.70. The van der Waals surface area contributed by atoms with Crippen LogP contribution >= 0.6 is 0 Å². The van der Waals surface area contributed by atoms with Crippen molar-refractivity contribution in [1.29, 1.82) is 0 Å². The molecule has 2 fully saturated rings. The molecule has 0 bridgehead atoms. The normalized spacial score (nSPS) is 27.3. The zero-order valence-electron chi connectivity index (χ0n) is 13.5. The number of hydrogen-bond donors (Lipinski definition) is 2. The van der Waals surface area contributed by atoms with Crippen molar-refractivity contribution >= 4 is 10.0 Å². The Hall–Kier alpha value is -0.950. The lowest BCUT2D eigenvalue weighted by Gasteiger charge is -2.25. The van der Waals surface area contributed by atoms with Crippen LogP contribution in [0.5, 0.6) is 0 Å². The Labute approximate surface area is 139 Å². The molecule has 2 atom stereocenters. The fourth-order valence-electron chi connectivity index (χ4n) is 3.83. The van der Waals surface area contributed by atoms with Gasteiger partial charge < -0.3 is 11.1 Å². The summed E-state index contributed by atoms with van der Waals surface area (Å²) < 4.78 is 27.3. The van der Waals surface area contributed by atoms with Gasteiger partial charge in [-0.3, -0.25) is 0 Å². The molecule has 0 aromatic heterocycles. The van der Waals surface area contributed by atoms with Gasteiger partial charge in [0.25, 0.3) is 0 Å². The summed E-state index contributed by atoms with van der Waals surface area (Å²) in [4.78, 5) is 0. The summed E-state index contributed by atoms with van der Waals surface area (Å²) in [7, 11) is -3.19. The average molecular weight is 337 g/mol. The highest BCUT2D eigenvalue weighted by molar-refractivity contribution is 7.89. The van der Waals surface area contributed by atoms with E-state index in [1.807, 2.05) is 18.2 Å². The van der Waals surface area contributed by atoms with Gasteiger partial charge in [0.2, 0.25) is 10.0 Å². The van der Waals surface area contributed by atoms with Crippen molar-refractivity contribution in [2.45, 2.75) is 18.8 Å². The Morgan fingerprint density at radius 2 is 1.83 bits per heavy atom. The summed E-state index contributed by atoms with van der Waals surface area (Å²) in [6.45, 7) is 3.51. The van der Waals surface area contributed by atoms with E-state index < -0.39 is 10.0 Å². The lowest BCUT2D eigenvalue weighted by Crippen LogP contribution is -2.37. The molecule has 2 aliphatic heterocycles. The highest BCUT2D eigenvalue weighted by atomic mass is 32.2. The van der Waals surface area contributed by atoms with Crippen LogP contribution in [-0.4, -0.2) is 51.2 Å². The minimum Gasteiger partial charge on any atom is -0.330 e. The van der Waals surface area contributed by atoms with E-state index in [0.29, 0.717) is 19.6 Å². The highest BCUT2D eigenvalue weighted by Crippen LogP contribution is 2.34. The van der Waals surface area contributed by atoms with Crippen LogP contribution in [0, 0.1) is 11.8 Å². The minimum atomic E-state index is -3.19. The van der Waals surface area contributed by atoms with Gasteiger partial charge in [-0.05, 0) is 49.9 Å². The molecule has 0 radical (unpaired) electrons. The van der Waals surface area contributed by atoms with Crippen LogP contribution in [0.2, 0.25) is 0 Å². The van der Waals surface area contributed by atoms with Crippen LogP contribution in [0.4, 0.5) is 0 Å². The molecule has 2 aliphatic rings. The molecule has 23 heavy (non-hydrogen) atoms. The maximum absolute atomic E-state index is 12.8. The van der Waals surface area contributed by atoms with E-state index in [4.69, 9.17) is 5.73 Å². The maximum Gasteiger partial charge on any atom is 0.214 e. The molecule has 128 valence electrons. The lowest BCUT2D eigenvalue weighted by molar-refractivity contribution is 0.388. The molecule has 5 nitrogen and oxygen atoms in total. The van der Waals surface area contributed by atoms with E-state index in [-0.39, 0.29) is 23.5 Å². The van der Waals surface area contributed by atoms with Crippen LogP contribution in [0.3, 0.4) is 0 Å². The molecule has 0 saturated carbocycles. The van der Waals surface area contributed by atoms with Crippen LogP contribution in [0.15, 0.2) is 30.3 Å². The van der Waals surface area contributed by atoms with Gasteiger partial charge in [0.15, 0.2) is 0 Å². The Morgan fingerprint density at radius 1 is 1.13 bits per heavy atom. The summed E-state index contributed by atoms with van der Waals surface area (Å²) in [6, 6.07) is 10.2. The molecule has 2 saturated heterocycles. The second-order valence-corrected chi connectivity index (χ2v) is 8.82. The topological polar surface area (TPSA) is 75.4 Å². The third kappa shape index (κ3) is 3.94. The lowest BCUT2D eigenvalue weighted by atomic mass is 9.89. The van der Waals surface area contributed by atoms with Crippen molar-refractivity contribution in [3.63, 3.8) is 0 Å². The second kappa shape index (κ2) is 7.30. The first kappa shape index (κ1) is 16.9. The molecule has 0 aliphatic carbocycles. The van der Waals surface area contributed by atoms with E-state index >= 15 is 0 Å². The predicted molar refractivity (Wildman–Crippen MR) is 92.7 cm³/mol. The van der Waals surface area contributed by atoms with Crippen LogP contribution in [-0.2, 0) is 10.0 Å². The van der Waals surface area contributed by atoms with Crippen molar-refractivity contribution < 1.29 is 8.42 Å². The number of piperidine rings is 1. The number of nitrogens with two attached hydrogens (primary N) is 1. The first-order valence-electron chi connectivity index (χ1n) is 8.53. The maximum atomic E-state index is 12.8. The van der Waals surface area contributed by atoms with Crippen LogP contribution < -0.4 is 11.1 Å². The molecule has 1 aromatic rings. The van der Waals surface area contributed by atoms with Gasteiger partial charge in [0.05, 0.1) is 5.75 Å². The standard InChI is InChI=1S/C17H27N3O2S/c18-10-16-11-20(12-17(16)15-4-2-1-3-5-15)23(21,22)13-14-6-8-19-9-7-14/h1-5,14,16-17,19H,6-13,18H2/t16-,17+/m1/s1. The number of sulfonamides is 1. The van der Waals surface area contributed by atoms with E-state index in [0.717, 1.165) is 25.9 Å². The van der Waals surface area contributed by atoms with E-state index in [1.54, 1.807) is 4.31 Å². The summed E-state index contributed by atoms with van der Waals surface area (Å²) in [6.07, 6.45) is 1.91. The summed E-state index contributed by atoms with van der Waals surface area (Å²) >= 11 is 0. The summed E-state index contributed by atoms with van der Waals surface area (Å²) in [5.74, 6) is 0.991. The van der Waals surface area contributed by atoms with E-state index in [2.05, 4.69) is 17.4 Å². The van der Waals surface area contributed by atoms with E-state index in [9.17, 15) is 8.42 Å². The molecule has 2 heterocycles. The Morgan fingerprint density at radius 3 is 2.48 bits per heavy atom. The third-order valence-electron chi connectivity index (χ3n) is 5.24. The van der Waals surface area contributed by atoms with Gasteiger partial charge in [-0.1, -0.05) is 30.3 Å². The minimum absolute atomic E-state index is 0.209. The number of nitrogens with zero attached hydrogens (tertiary/aromatic N) is 1. The van der Waals surface area contributed by atoms with Gasteiger partial charge in [-0.15, -0.1) is 0 Å². The highest BCUT2D eigenvalue weighted by Gasteiger charge is 2.39. The van der Waals surface area contributed by atoms with Crippen molar-refractivity contribution in [2.75, 3.05) is 38.5 Å². The van der Waals surface area contributed by atoms with Crippen molar-refractivity contribution in [1.82, 2.24) is 9.62 Å². The van der Waals surface area contributed by atoms with Gasteiger partial charge >= 0.3 is 0 Å². The fraction of sp³-hybridized carbons (Fsp3) is 0.647. The Kier molecular flexibility index (Phi) is 5.36. The molecule has 3 N–H and O–H groups in total. The van der Waals surface area contributed by atoms with Gasteiger partial charge in [-0.2, -0.15) is 0 Å². The van der Waals surface area contributed by atoms with Crippen LogP contribution in [0.25, 0.3) is 0 Å². The average Bonchev–Trinajstić information content (AvgIpc) is 3.01. The number of rotatable bonds is 5. The van der Waals surface area contributed by atoms with Crippen LogP contribution in [0.1, 0.15) is 24.3 Å². The van der Waals surface area contributed by atoms with Gasteiger partial charge in [0, 0.05) is 19.0 Å². The zero-order valence-corrected chi connectivity index (χ0v) is 14.3. The van der Waals surface area contributed by atoms with E-state index in [1.165, 1.54) is 5.56 Å². The summed E-state index contributed by atoms with van der Waals surface area (Å²) in [5, 5.41) is 3.29. The molecule has 1 aromatic carbocycles. The largest absolute Gasteiger partial charge is 0.330 e. The van der Waals surface area contributed by atoms with Gasteiger partial charge in [-0.25, -0.2) is 12.7 Å². The number of benzene rings is 1. The predicted octanol–water partition coefficient (Wildman–Crippen LogP) is 0.990. The molecular weight excluding hydrogens is 310 g/mol. The SMILES string of the molecule is NC[C@@H]1CN(S(=O)(=O)CC2CCNCC2)C[C@H]1c1ccccc1. The number of nitrogens with one attached hydrogen (secondary N) is 1. The van der Waals surface area contributed by atoms with Crippen molar-refractivity contribution in [3.05, 3.63) is 35.9 Å². The molecule has 0 unspecified atom stereocenters. The molecular formula is C17H27N3O2S. The monoisotopic (exact) mass is 337 g/mol. The third-order valence-corrected chi connectivity index (χ3v) is 7.21. The quantitative estimate of drug-likeness (QED) is 0.840. The number of hydrogen-bond acceptors (Lipinski definition) is 4. The first-order valence-corrected chi connectivity index (χ1v) is 10.1. The molecule has 6 heteroatoms. The Bertz CT molecular complexity index is 600. The molecule has 0 spiro atoms. The fourth-order valence-corrected chi connectivity index (χ4v) is 5.77. The van der Waals surface area contributed by atoms with Crippen molar-refractivity contribution in [3.8, 4) is 0 Å². The first-order chi connectivity index (χ1) is 11.1. The molecule has 3 rings (SSSR count). The zero-order chi connectivity index (χ0) is 16.3. The van der Waals surface area contributed by atoms with Gasteiger partial charge in [0.1, 0.15) is 0 Å². The van der Waals surface area contributed by atoms with Crippen molar-refractivity contribution in [2.24, 2.45) is 17.6 Å².